The normalized spacial score (nSPS) is 16.9. The van der Waals surface area contributed by atoms with Gasteiger partial charge in [0.25, 0.3) is 0 Å². The number of aromatic nitrogens is 2. The maximum absolute atomic E-state index is 13.1. The number of halogens is 1. The van der Waals surface area contributed by atoms with Crippen molar-refractivity contribution in [2.75, 3.05) is 20.1 Å². The van der Waals surface area contributed by atoms with Crippen molar-refractivity contribution in [1.82, 2.24) is 19.9 Å². The van der Waals surface area contributed by atoms with Crippen molar-refractivity contribution in [1.29, 1.82) is 0 Å². The van der Waals surface area contributed by atoms with Crippen molar-refractivity contribution in [3.05, 3.63) is 70.6 Å². The molecule has 7 heteroatoms. The Bertz CT molecular complexity index is 1030. The molecule has 3 aromatic rings. The van der Waals surface area contributed by atoms with E-state index in [1.165, 1.54) is 5.56 Å². The molecule has 31 heavy (non-hydrogen) atoms. The van der Waals surface area contributed by atoms with E-state index in [1.54, 1.807) is 11.9 Å². The molecule has 2 aromatic carbocycles. The Morgan fingerprint density at radius 2 is 2.00 bits per heavy atom. The molecule has 1 aromatic heterocycles. The first-order valence-corrected chi connectivity index (χ1v) is 11.0. The first-order chi connectivity index (χ1) is 15.0. The second-order valence-electron chi connectivity index (χ2n) is 8.24. The first kappa shape index (κ1) is 21.5. The van der Waals surface area contributed by atoms with Crippen LogP contribution in [-0.4, -0.2) is 46.0 Å². The summed E-state index contributed by atoms with van der Waals surface area (Å²) in [5, 5.41) is 4.84. The van der Waals surface area contributed by atoms with Crippen molar-refractivity contribution in [2.24, 2.45) is 5.92 Å². The molecule has 162 valence electrons. The fourth-order valence-corrected chi connectivity index (χ4v) is 4.20. The van der Waals surface area contributed by atoms with Crippen molar-refractivity contribution >= 4 is 17.5 Å². The Kier molecular flexibility index (Phi) is 6.68. The third-order valence-corrected chi connectivity index (χ3v) is 6.10. The van der Waals surface area contributed by atoms with Crippen LogP contribution in [0.1, 0.15) is 29.9 Å². The second kappa shape index (κ2) is 9.62. The quantitative estimate of drug-likeness (QED) is 0.564. The highest BCUT2D eigenvalue weighted by atomic mass is 35.5. The molecule has 2 heterocycles. The first-order valence-electron chi connectivity index (χ1n) is 10.6. The van der Waals surface area contributed by atoms with Crippen LogP contribution in [0.3, 0.4) is 0 Å². The number of nitrogens with zero attached hydrogens (tertiary/aromatic N) is 4. The SMILES string of the molecule is Cc1ccc(-c2noc(CN(C)C(=O)[C@@H]3CCCN(Cc4ccccc4Cl)C3)n2)cc1. The Morgan fingerprint density at radius 3 is 2.77 bits per heavy atom. The minimum atomic E-state index is -0.0410. The second-order valence-corrected chi connectivity index (χ2v) is 8.64. The van der Waals surface area contributed by atoms with Crippen LogP contribution in [0, 0.1) is 12.8 Å². The van der Waals surface area contributed by atoms with E-state index in [2.05, 4.69) is 15.0 Å². The number of benzene rings is 2. The highest BCUT2D eigenvalue weighted by Crippen LogP contribution is 2.24. The number of rotatable bonds is 6. The molecule has 0 radical (unpaired) electrons. The van der Waals surface area contributed by atoms with Crippen LogP contribution in [-0.2, 0) is 17.9 Å². The molecule has 1 fully saturated rings. The van der Waals surface area contributed by atoms with Gasteiger partial charge >= 0.3 is 0 Å². The molecular formula is C24H27ClN4O2. The van der Waals surface area contributed by atoms with Crippen molar-refractivity contribution in [2.45, 2.75) is 32.9 Å². The zero-order chi connectivity index (χ0) is 21.8. The zero-order valence-corrected chi connectivity index (χ0v) is 18.7. The van der Waals surface area contributed by atoms with Gasteiger partial charge in [-0.05, 0) is 37.9 Å². The average Bonchev–Trinajstić information content (AvgIpc) is 3.24. The number of amides is 1. The molecule has 1 atom stereocenters. The van der Waals surface area contributed by atoms with Crippen molar-refractivity contribution in [3.63, 3.8) is 0 Å². The number of aryl methyl sites for hydroxylation is 1. The predicted octanol–water partition coefficient (Wildman–Crippen LogP) is 4.57. The van der Waals surface area contributed by atoms with Gasteiger partial charge in [0.2, 0.25) is 17.6 Å². The van der Waals surface area contributed by atoms with E-state index in [0.29, 0.717) is 18.3 Å². The number of hydrogen-bond donors (Lipinski definition) is 0. The summed E-state index contributed by atoms with van der Waals surface area (Å²) in [7, 11) is 1.80. The molecule has 0 spiro atoms. The fourth-order valence-electron chi connectivity index (χ4n) is 4.00. The molecule has 0 N–H and O–H groups in total. The molecule has 6 nitrogen and oxygen atoms in total. The van der Waals surface area contributed by atoms with Crippen LogP contribution in [0.2, 0.25) is 5.02 Å². The maximum Gasteiger partial charge on any atom is 0.246 e. The molecule has 1 saturated heterocycles. The summed E-state index contributed by atoms with van der Waals surface area (Å²) >= 11 is 6.31. The topological polar surface area (TPSA) is 62.5 Å². The van der Waals surface area contributed by atoms with Gasteiger partial charge in [0.15, 0.2) is 0 Å². The monoisotopic (exact) mass is 438 g/mol. The molecule has 1 aliphatic heterocycles. The summed E-state index contributed by atoms with van der Waals surface area (Å²) < 4.78 is 5.39. The summed E-state index contributed by atoms with van der Waals surface area (Å²) in [6.07, 6.45) is 1.88. The molecular weight excluding hydrogens is 412 g/mol. The molecule has 4 rings (SSSR count). The Labute approximate surface area is 187 Å². The van der Waals surface area contributed by atoms with Crippen molar-refractivity contribution in [3.8, 4) is 11.4 Å². The van der Waals surface area contributed by atoms with Gasteiger partial charge in [0, 0.05) is 30.7 Å². The van der Waals surface area contributed by atoms with Gasteiger partial charge in [-0.15, -0.1) is 0 Å². The summed E-state index contributed by atoms with van der Waals surface area (Å²) in [6.45, 7) is 4.80. The molecule has 0 saturated carbocycles. The third-order valence-electron chi connectivity index (χ3n) is 5.73. The molecule has 1 aliphatic rings. The van der Waals surface area contributed by atoms with Crippen molar-refractivity contribution < 1.29 is 9.32 Å². The number of carbonyl (C=O) groups excluding carboxylic acids is 1. The minimum absolute atomic E-state index is 0.0410. The Hall–Kier alpha value is -2.70. The van der Waals surface area contributed by atoms with Gasteiger partial charge in [0.05, 0.1) is 12.5 Å². The standard InChI is InChI=1S/C24H27ClN4O2/c1-17-9-11-18(12-10-17)23-26-22(31-27-23)16-28(2)24(30)20-7-5-13-29(15-20)14-19-6-3-4-8-21(19)25/h3-4,6,8-12,20H,5,7,13-16H2,1-2H3/t20-/m1/s1. The van der Waals surface area contributed by atoms with Crippen LogP contribution in [0.5, 0.6) is 0 Å². The largest absolute Gasteiger partial charge is 0.337 e. The Morgan fingerprint density at radius 1 is 1.23 bits per heavy atom. The number of likely N-dealkylation sites (tertiary alicyclic amines) is 1. The van der Waals surface area contributed by atoms with Gasteiger partial charge in [-0.2, -0.15) is 4.98 Å². The fraction of sp³-hybridized carbons (Fsp3) is 0.375. The van der Waals surface area contributed by atoms with Gasteiger partial charge in [-0.1, -0.05) is 64.8 Å². The third kappa shape index (κ3) is 5.32. The lowest BCUT2D eigenvalue weighted by Gasteiger charge is -2.33. The molecule has 0 aliphatic carbocycles. The van der Waals surface area contributed by atoms with Crippen LogP contribution in [0.4, 0.5) is 0 Å². The summed E-state index contributed by atoms with van der Waals surface area (Å²) in [5.74, 6) is 1.05. The minimum Gasteiger partial charge on any atom is -0.337 e. The molecule has 0 bridgehead atoms. The van der Waals surface area contributed by atoms with Gasteiger partial charge < -0.3 is 9.42 Å². The van der Waals surface area contributed by atoms with Crippen LogP contribution < -0.4 is 0 Å². The van der Waals surface area contributed by atoms with E-state index in [-0.39, 0.29) is 11.8 Å². The van der Waals surface area contributed by atoms with E-state index in [0.717, 1.165) is 48.6 Å². The number of piperidine rings is 1. The lowest BCUT2D eigenvalue weighted by atomic mass is 9.96. The van der Waals surface area contributed by atoms with Gasteiger partial charge in [0.1, 0.15) is 0 Å². The number of hydrogen-bond acceptors (Lipinski definition) is 5. The van der Waals surface area contributed by atoms with E-state index >= 15 is 0 Å². The van der Waals surface area contributed by atoms with E-state index in [4.69, 9.17) is 16.1 Å². The van der Waals surface area contributed by atoms with Gasteiger partial charge in [-0.3, -0.25) is 9.69 Å². The van der Waals surface area contributed by atoms with Crippen LogP contribution in [0.25, 0.3) is 11.4 Å². The smallest absolute Gasteiger partial charge is 0.246 e. The Balaban J connectivity index is 1.35. The highest BCUT2D eigenvalue weighted by Gasteiger charge is 2.29. The van der Waals surface area contributed by atoms with E-state index in [9.17, 15) is 4.79 Å². The summed E-state index contributed by atoms with van der Waals surface area (Å²) in [6, 6.07) is 15.8. The summed E-state index contributed by atoms with van der Waals surface area (Å²) in [5.41, 5.74) is 3.17. The average molecular weight is 439 g/mol. The zero-order valence-electron chi connectivity index (χ0n) is 17.9. The highest BCUT2D eigenvalue weighted by molar-refractivity contribution is 6.31. The lowest BCUT2D eigenvalue weighted by molar-refractivity contribution is -0.137. The molecule has 0 unspecified atom stereocenters. The molecule has 1 amide bonds. The van der Waals surface area contributed by atoms with Gasteiger partial charge in [-0.25, -0.2) is 0 Å². The van der Waals surface area contributed by atoms with E-state index < -0.39 is 0 Å². The van der Waals surface area contributed by atoms with E-state index in [1.807, 2.05) is 55.5 Å². The van der Waals surface area contributed by atoms with Crippen LogP contribution in [0.15, 0.2) is 53.1 Å². The summed E-state index contributed by atoms with van der Waals surface area (Å²) in [4.78, 5) is 21.5. The lowest BCUT2D eigenvalue weighted by Crippen LogP contribution is -2.43. The van der Waals surface area contributed by atoms with Crippen LogP contribution >= 0.6 is 11.6 Å². The maximum atomic E-state index is 13.1. The number of carbonyl (C=O) groups is 1. The predicted molar refractivity (Wildman–Crippen MR) is 120 cm³/mol.